The summed E-state index contributed by atoms with van der Waals surface area (Å²) in [5.74, 6) is 0.911. The van der Waals surface area contributed by atoms with Crippen molar-refractivity contribution in [3.8, 4) is 0 Å². The van der Waals surface area contributed by atoms with E-state index in [-0.39, 0.29) is 0 Å². The van der Waals surface area contributed by atoms with Gasteiger partial charge >= 0.3 is 0 Å². The molecule has 0 aliphatic rings. The lowest BCUT2D eigenvalue weighted by Gasteiger charge is -2.10. The molecular weight excluding hydrogens is 170 g/mol. The molecule has 1 N–H and O–H groups in total. The third-order valence-electron chi connectivity index (χ3n) is 2.94. The van der Waals surface area contributed by atoms with Crippen molar-refractivity contribution in [1.29, 1.82) is 0 Å². The van der Waals surface area contributed by atoms with Crippen molar-refractivity contribution in [2.75, 3.05) is 13.6 Å². The van der Waals surface area contributed by atoms with Crippen LogP contribution >= 0.6 is 0 Å². The Morgan fingerprint density at radius 1 is 0.929 bits per heavy atom. The van der Waals surface area contributed by atoms with Crippen molar-refractivity contribution in [3.63, 3.8) is 0 Å². The fourth-order valence-corrected chi connectivity index (χ4v) is 1.81. The normalized spacial score (nSPS) is 13.1. The van der Waals surface area contributed by atoms with Gasteiger partial charge in [0.25, 0.3) is 0 Å². The summed E-state index contributed by atoms with van der Waals surface area (Å²) in [6, 6.07) is 0. The van der Waals surface area contributed by atoms with Gasteiger partial charge in [-0.3, -0.25) is 0 Å². The van der Waals surface area contributed by atoms with Gasteiger partial charge < -0.3 is 5.32 Å². The van der Waals surface area contributed by atoms with Gasteiger partial charge in [0.05, 0.1) is 0 Å². The van der Waals surface area contributed by atoms with Gasteiger partial charge in [-0.05, 0) is 25.9 Å². The molecule has 0 aliphatic heterocycles. The largest absolute Gasteiger partial charge is 0.320 e. The quantitative estimate of drug-likeness (QED) is 0.525. The SMILES string of the molecule is CCCCCCCCC(C)CCNC. The Labute approximate surface area is 90.7 Å². The number of unbranched alkanes of at least 4 members (excludes halogenated alkanes) is 5. The molecule has 1 heteroatoms. The predicted molar refractivity (Wildman–Crippen MR) is 65.7 cm³/mol. The highest BCUT2D eigenvalue weighted by molar-refractivity contribution is 4.55. The Morgan fingerprint density at radius 3 is 2.21 bits per heavy atom. The number of rotatable bonds is 10. The van der Waals surface area contributed by atoms with E-state index in [1.807, 2.05) is 7.05 Å². The van der Waals surface area contributed by atoms with E-state index in [2.05, 4.69) is 19.2 Å². The Hall–Kier alpha value is -0.0400. The van der Waals surface area contributed by atoms with Crippen LogP contribution in [0, 0.1) is 5.92 Å². The van der Waals surface area contributed by atoms with E-state index in [4.69, 9.17) is 0 Å². The lowest BCUT2D eigenvalue weighted by atomic mass is 9.99. The maximum atomic E-state index is 3.22. The fraction of sp³-hybridized carbons (Fsp3) is 1.00. The molecular formula is C13H29N. The summed E-state index contributed by atoms with van der Waals surface area (Å²) >= 11 is 0. The molecule has 0 bridgehead atoms. The van der Waals surface area contributed by atoms with Crippen molar-refractivity contribution < 1.29 is 0 Å². The molecule has 0 heterocycles. The molecule has 0 aromatic heterocycles. The van der Waals surface area contributed by atoms with Crippen LogP contribution in [0.2, 0.25) is 0 Å². The maximum Gasteiger partial charge on any atom is -0.00494 e. The summed E-state index contributed by atoms with van der Waals surface area (Å²) in [4.78, 5) is 0. The lowest BCUT2D eigenvalue weighted by molar-refractivity contribution is 0.449. The Balaban J connectivity index is 3.02. The lowest BCUT2D eigenvalue weighted by Crippen LogP contribution is -2.11. The first-order chi connectivity index (χ1) is 6.81. The molecule has 0 spiro atoms. The van der Waals surface area contributed by atoms with Crippen molar-refractivity contribution in [2.45, 2.75) is 65.2 Å². The van der Waals surface area contributed by atoms with Crippen LogP contribution in [0.4, 0.5) is 0 Å². The van der Waals surface area contributed by atoms with Gasteiger partial charge in [0.1, 0.15) is 0 Å². The van der Waals surface area contributed by atoms with Crippen molar-refractivity contribution in [2.24, 2.45) is 5.92 Å². The minimum absolute atomic E-state index is 0.911. The molecule has 14 heavy (non-hydrogen) atoms. The second kappa shape index (κ2) is 11.0. The standard InChI is InChI=1S/C13H29N/c1-4-5-6-7-8-9-10-13(2)11-12-14-3/h13-14H,4-12H2,1-3H3. The van der Waals surface area contributed by atoms with E-state index < -0.39 is 0 Å². The van der Waals surface area contributed by atoms with Gasteiger partial charge in [-0.15, -0.1) is 0 Å². The molecule has 0 saturated carbocycles. The van der Waals surface area contributed by atoms with Gasteiger partial charge in [-0.25, -0.2) is 0 Å². The summed E-state index contributed by atoms with van der Waals surface area (Å²) in [7, 11) is 2.04. The maximum absolute atomic E-state index is 3.22. The monoisotopic (exact) mass is 199 g/mol. The van der Waals surface area contributed by atoms with Gasteiger partial charge in [-0.1, -0.05) is 58.8 Å². The molecule has 0 aromatic carbocycles. The van der Waals surface area contributed by atoms with Crippen LogP contribution in [0.3, 0.4) is 0 Å². The number of nitrogens with one attached hydrogen (secondary N) is 1. The van der Waals surface area contributed by atoms with E-state index in [1.165, 1.54) is 57.9 Å². The molecule has 1 nitrogen and oxygen atoms in total. The van der Waals surface area contributed by atoms with E-state index >= 15 is 0 Å². The average molecular weight is 199 g/mol. The first-order valence-corrected chi connectivity index (χ1v) is 6.45. The third-order valence-corrected chi connectivity index (χ3v) is 2.94. The summed E-state index contributed by atoms with van der Waals surface area (Å²) in [6.45, 7) is 5.83. The highest BCUT2D eigenvalue weighted by Gasteiger charge is 2.00. The van der Waals surface area contributed by atoms with Gasteiger partial charge in [-0.2, -0.15) is 0 Å². The number of hydrogen-bond donors (Lipinski definition) is 1. The van der Waals surface area contributed by atoms with Crippen molar-refractivity contribution in [1.82, 2.24) is 5.32 Å². The Bertz CT molecular complexity index is 101. The van der Waals surface area contributed by atoms with Gasteiger partial charge in [0.15, 0.2) is 0 Å². The molecule has 0 amide bonds. The predicted octanol–water partition coefficient (Wildman–Crippen LogP) is 3.98. The second-order valence-corrected chi connectivity index (χ2v) is 4.55. The summed E-state index contributed by atoms with van der Waals surface area (Å²) < 4.78 is 0. The molecule has 1 unspecified atom stereocenters. The van der Waals surface area contributed by atoms with Crippen LogP contribution in [-0.2, 0) is 0 Å². The molecule has 0 fully saturated rings. The summed E-state index contributed by atoms with van der Waals surface area (Å²) in [6.07, 6.45) is 11.3. The van der Waals surface area contributed by atoms with E-state index in [1.54, 1.807) is 0 Å². The van der Waals surface area contributed by atoms with Crippen molar-refractivity contribution >= 4 is 0 Å². The first-order valence-electron chi connectivity index (χ1n) is 6.45. The zero-order chi connectivity index (χ0) is 10.6. The Kier molecular flexibility index (Phi) is 11.0. The van der Waals surface area contributed by atoms with Gasteiger partial charge in [0, 0.05) is 0 Å². The smallest absolute Gasteiger partial charge is 0.00494 e. The molecule has 0 saturated heterocycles. The van der Waals surface area contributed by atoms with Crippen molar-refractivity contribution in [3.05, 3.63) is 0 Å². The molecule has 0 aliphatic carbocycles. The van der Waals surface area contributed by atoms with Crippen LogP contribution in [0.15, 0.2) is 0 Å². The third kappa shape index (κ3) is 10.0. The van der Waals surface area contributed by atoms with Crippen LogP contribution in [0.25, 0.3) is 0 Å². The average Bonchev–Trinajstić information content (AvgIpc) is 2.20. The highest BCUT2D eigenvalue weighted by atomic mass is 14.8. The van der Waals surface area contributed by atoms with Crippen LogP contribution in [0.5, 0.6) is 0 Å². The topological polar surface area (TPSA) is 12.0 Å². The van der Waals surface area contributed by atoms with Crippen LogP contribution in [-0.4, -0.2) is 13.6 Å². The summed E-state index contributed by atoms with van der Waals surface area (Å²) in [5, 5.41) is 3.22. The molecule has 86 valence electrons. The Morgan fingerprint density at radius 2 is 1.57 bits per heavy atom. The fourth-order valence-electron chi connectivity index (χ4n) is 1.81. The molecule has 1 atom stereocenters. The van der Waals surface area contributed by atoms with Crippen LogP contribution < -0.4 is 5.32 Å². The molecule has 0 radical (unpaired) electrons. The zero-order valence-corrected chi connectivity index (χ0v) is 10.4. The minimum Gasteiger partial charge on any atom is -0.320 e. The van der Waals surface area contributed by atoms with E-state index in [0.717, 1.165) is 5.92 Å². The molecule has 0 aromatic rings. The molecule has 0 rings (SSSR count). The summed E-state index contributed by atoms with van der Waals surface area (Å²) in [5.41, 5.74) is 0. The second-order valence-electron chi connectivity index (χ2n) is 4.55. The van der Waals surface area contributed by atoms with Gasteiger partial charge in [0.2, 0.25) is 0 Å². The highest BCUT2D eigenvalue weighted by Crippen LogP contribution is 2.13. The van der Waals surface area contributed by atoms with Crippen LogP contribution in [0.1, 0.15) is 65.2 Å². The minimum atomic E-state index is 0.911. The first kappa shape index (κ1) is 14.0. The van der Waals surface area contributed by atoms with E-state index in [0.29, 0.717) is 0 Å². The zero-order valence-electron chi connectivity index (χ0n) is 10.4. The van der Waals surface area contributed by atoms with E-state index in [9.17, 15) is 0 Å². The number of hydrogen-bond acceptors (Lipinski definition) is 1.